The lowest BCUT2D eigenvalue weighted by molar-refractivity contribution is 0.129. The van der Waals surface area contributed by atoms with Gasteiger partial charge in [-0.15, -0.1) is 0 Å². The largest absolute Gasteiger partial charge is 0.565 e. The summed E-state index contributed by atoms with van der Waals surface area (Å²) >= 11 is 0. The fourth-order valence-electron chi connectivity index (χ4n) is 1.46. The molecule has 0 spiro atoms. The van der Waals surface area contributed by atoms with E-state index in [4.69, 9.17) is 13.3 Å². The minimum atomic E-state index is -2.46. The SMILES string of the molecule is C=C(C)O[Si](CCCCCC)(OC)OC. The molecule has 0 radical (unpaired) electrons. The second-order valence-electron chi connectivity index (χ2n) is 3.71. The van der Waals surface area contributed by atoms with Gasteiger partial charge >= 0.3 is 8.80 Å². The minimum Gasteiger partial charge on any atom is -0.505 e. The molecule has 0 aromatic heterocycles. The molecule has 0 heterocycles. The van der Waals surface area contributed by atoms with Crippen LogP contribution in [0.2, 0.25) is 6.04 Å². The Morgan fingerprint density at radius 1 is 1.13 bits per heavy atom. The van der Waals surface area contributed by atoms with Gasteiger partial charge in [0.2, 0.25) is 0 Å². The summed E-state index contributed by atoms with van der Waals surface area (Å²) in [5, 5.41) is 0. The normalized spacial score (nSPS) is 11.5. The van der Waals surface area contributed by atoms with Crippen molar-refractivity contribution in [3.05, 3.63) is 12.3 Å². The van der Waals surface area contributed by atoms with Crippen molar-refractivity contribution < 1.29 is 13.3 Å². The van der Waals surface area contributed by atoms with Crippen LogP contribution < -0.4 is 0 Å². The Kier molecular flexibility index (Phi) is 7.73. The highest BCUT2D eigenvalue weighted by molar-refractivity contribution is 6.60. The van der Waals surface area contributed by atoms with Gasteiger partial charge in [0.1, 0.15) is 0 Å². The van der Waals surface area contributed by atoms with Gasteiger partial charge in [-0.1, -0.05) is 32.8 Å². The maximum absolute atomic E-state index is 5.62. The lowest BCUT2D eigenvalue weighted by Crippen LogP contribution is -2.43. The summed E-state index contributed by atoms with van der Waals surface area (Å²) in [5.41, 5.74) is 0. The first-order valence-corrected chi connectivity index (χ1v) is 7.48. The molecular formula is C11H24O3Si. The van der Waals surface area contributed by atoms with Crippen LogP contribution in [0.25, 0.3) is 0 Å². The molecule has 0 bridgehead atoms. The Morgan fingerprint density at radius 2 is 1.73 bits per heavy atom. The molecule has 15 heavy (non-hydrogen) atoms. The second kappa shape index (κ2) is 7.90. The molecule has 3 nitrogen and oxygen atoms in total. The van der Waals surface area contributed by atoms with Crippen molar-refractivity contribution in [2.75, 3.05) is 14.2 Å². The molecule has 0 unspecified atom stereocenters. The number of allylic oxidation sites excluding steroid dienone is 1. The molecule has 0 atom stereocenters. The summed E-state index contributed by atoms with van der Waals surface area (Å²) in [6.07, 6.45) is 4.79. The molecule has 0 aromatic rings. The van der Waals surface area contributed by atoms with Crippen LogP contribution in [0.15, 0.2) is 12.3 Å². The highest BCUT2D eigenvalue weighted by Gasteiger charge is 2.40. The van der Waals surface area contributed by atoms with E-state index in [0.29, 0.717) is 5.76 Å². The van der Waals surface area contributed by atoms with E-state index in [-0.39, 0.29) is 0 Å². The minimum absolute atomic E-state index is 0.667. The van der Waals surface area contributed by atoms with Crippen LogP contribution in [0.5, 0.6) is 0 Å². The molecule has 0 aromatic carbocycles. The highest BCUT2D eigenvalue weighted by Crippen LogP contribution is 2.20. The van der Waals surface area contributed by atoms with Gasteiger partial charge in [-0.05, 0) is 13.3 Å². The number of unbranched alkanes of at least 4 members (excludes halogenated alkanes) is 3. The highest BCUT2D eigenvalue weighted by atomic mass is 28.4. The zero-order valence-electron chi connectivity index (χ0n) is 10.5. The van der Waals surface area contributed by atoms with Gasteiger partial charge in [0.05, 0.1) is 5.76 Å². The molecule has 4 heteroatoms. The van der Waals surface area contributed by atoms with Gasteiger partial charge in [0.15, 0.2) is 0 Å². The molecule has 0 saturated heterocycles. The molecule has 0 aliphatic heterocycles. The molecule has 90 valence electrons. The maximum Gasteiger partial charge on any atom is 0.565 e. The Labute approximate surface area is 94.8 Å². The van der Waals surface area contributed by atoms with Gasteiger partial charge < -0.3 is 13.3 Å². The summed E-state index contributed by atoms with van der Waals surface area (Å²) in [6, 6.07) is 0.868. The number of hydrogen-bond donors (Lipinski definition) is 0. The van der Waals surface area contributed by atoms with Crippen LogP contribution in [0.1, 0.15) is 39.5 Å². The smallest absolute Gasteiger partial charge is 0.505 e. The average Bonchev–Trinajstić information content (AvgIpc) is 2.22. The first-order valence-electron chi connectivity index (χ1n) is 5.55. The van der Waals surface area contributed by atoms with Crippen molar-refractivity contribution in [3.63, 3.8) is 0 Å². The molecule has 0 N–H and O–H groups in total. The van der Waals surface area contributed by atoms with Crippen molar-refractivity contribution in [3.8, 4) is 0 Å². The second-order valence-corrected chi connectivity index (χ2v) is 6.59. The Bertz CT molecular complexity index is 179. The standard InChI is InChI=1S/C11H24O3Si/c1-6-7-8-9-10-15(12-4,13-5)14-11(2)3/h2,6-10H2,1,3-5H3. The van der Waals surface area contributed by atoms with Crippen molar-refractivity contribution >= 4 is 8.80 Å². The molecule has 0 fully saturated rings. The molecular weight excluding hydrogens is 208 g/mol. The fraction of sp³-hybridized carbons (Fsp3) is 0.818. The van der Waals surface area contributed by atoms with Crippen LogP contribution in [0, 0.1) is 0 Å². The molecule has 0 amide bonds. The average molecular weight is 232 g/mol. The summed E-state index contributed by atoms with van der Waals surface area (Å²) in [6.45, 7) is 7.75. The maximum atomic E-state index is 5.62. The van der Waals surface area contributed by atoms with Crippen LogP contribution in [0.3, 0.4) is 0 Å². The third kappa shape index (κ3) is 5.97. The summed E-state index contributed by atoms with van der Waals surface area (Å²) in [4.78, 5) is 0. The van der Waals surface area contributed by atoms with Crippen LogP contribution in [0.4, 0.5) is 0 Å². The van der Waals surface area contributed by atoms with E-state index >= 15 is 0 Å². The Hall–Kier alpha value is -0.323. The predicted octanol–water partition coefficient (Wildman–Crippen LogP) is 3.35. The van der Waals surface area contributed by atoms with Gasteiger partial charge in [-0.3, -0.25) is 0 Å². The third-order valence-corrected chi connectivity index (χ3v) is 5.16. The van der Waals surface area contributed by atoms with Crippen molar-refractivity contribution in [1.82, 2.24) is 0 Å². The lowest BCUT2D eigenvalue weighted by atomic mass is 10.2. The van der Waals surface area contributed by atoms with E-state index in [1.54, 1.807) is 14.2 Å². The van der Waals surface area contributed by atoms with E-state index in [0.717, 1.165) is 12.5 Å². The first kappa shape index (κ1) is 14.7. The zero-order valence-corrected chi connectivity index (χ0v) is 11.5. The Morgan fingerprint density at radius 3 is 2.13 bits per heavy atom. The van der Waals surface area contributed by atoms with E-state index in [1.807, 2.05) is 6.92 Å². The zero-order chi connectivity index (χ0) is 11.7. The predicted molar refractivity (Wildman–Crippen MR) is 64.6 cm³/mol. The quantitative estimate of drug-likeness (QED) is 0.347. The topological polar surface area (TPSA) is 27.7 Å². The molecule has 0 aliphatic carbocycles. The van der Waals surface area contributed by atoms with Crippen molar-refractivity contribution in [2.45, 2.75) is 45.6 Å². The molecule has 0 rings (SSSR count). The van der Waals surface area contributed by atoms with E-state index in [2.05, 4.69) is 13.5 Å². The first-order chi connectivity index (χ1) is 7.10. The Balaban J connectivity index is 4.05. The van der Waals surface area contributed by atoms with E-state index in [1.165, 1.54) is 19.3 Å². The fourth-order valence-corrected chi connectivity index (χ4v) is 3.51. The van der Waals surface area contributed by atoms with Gasteiger partial charge in [-0.2, -0.15) is 0 Å². The number of rotatable bonds is 9. The van der Waals surface area contributed by atoms with E-state index in [9.17, 15) is 0 Å². The third-order valence-electron chi connectivity index (χ3n) is 2.29. The van der Waals surface area contributed by atoms with Crippen LogP contribution in [-0.4, -0.2) is 23.0 Å². The number of hydrogen-bond acceptors (Lipinski definition) is 3. The van der Waals surface area contributed by atoms with E-state index < -0.39 is 8.80 Å². The lowest BCUT2D eigenvalue weighted by Gasteiger charge is -2.26. The van der Waals surface area contributed by atoms with Gasteiger partial charge in [-0.25, -0.2) is 0 Å². The van der Waals surface area contributed by atoms with Crippen molar-refractivity contribution in [1.29, 1.82) is 0 Å². The van der Waals surface area contributed by atoms with Gasteiger partial charge in [0.25, 0.3) is 0 Å². The van der Waals surface area contributed by atoms with Gasteiger partial charge in [0, 0.05) is 20.3 Å². The van der Waals surface area contributed by atoms with Crippen LogP contribution >= 0.6 is 0 Å². The monoisotopic (exact) mass is 232 g/mol. The summed E-state index contributed by atoms with van der Waals surface area (Å²) in [5.74, 6) is 0.667. The summed E-state index contributed by atoms with van der Waals surface area (Å²) in [7, 11) is 0.846. The molecule has 0 saturated carbocycles. The van der Waals surface area contributed by atoms with Crippen molar-refractivity contribution in [2.24, 2.45) is 0 Å². The molecule has 0 aliphatic rings. The summed E-state index contributed by atoms with van der Waals surface area (Å²) < 4.78 is 16.4. The van der Waals surface area contributed by atoms with Crippen LogP contribution in [-0.2, 0) is 13.3 Å².